The first-order valence-corrected chi connectivity index (χ1v) is 7.90. The molecule has 1 unspecified atom stereocenters. The molecule has 0 aromatic carbocycles. The zero-order chi connectivity index (χ0) is 14.8. The van der Waals surface area contributed by atoms with E-state index in [1.807, 2.05) is 19.2 Å². The number of halogens is 1. The van der Waals surface area contributed by atoms with Gasteiger partial charge in [-0.15, -0.1) is 22.9 Å². The number of alkyl halides is 1. The van der Waals surface area contributed by atoms with Crippen LogP contribution in [0, 0.1) is 0 Å². The number of hydrogen-bond acceptors (Lipinski definition) is 5. The number of carbonyl (C=O) groups is 1. The second-order valence-electron chi connectivity index (χ2n) is 5.50. The molecule has 0 bridgehead atoms. The molecule has 1 atom stereocenters. The fraction of sp³-hybridized carbons (Fsp3) is 0.692. The van der Waals surface area contributed by atoms with Gasteiger partial charge in [0.05, 0.1) is 36.3 Å². The summed E-state index contributed by atoms with van der Waals surface area (Å²) in [5.74, 6) is 0.372. The second-order valence-corrected chi connectivity index (χ2v) is 6.71. The van der Waals surface area contributed by atoms with Crippen molar-refractivity contribution in [3.05, 3.63) is 16.1 Å². The minimum Gasteiger partial charge on any atom is -0.394 e. The molecular formula is C13H19ClN2O3S. The lowest BCUT2D eigenvalue weighted by atomic mass is 10.0. The molecule has 1 aromatic heterocycles. The monoisotopic (exact) mass is 318 g/mol. The lowest BCUT2D eigenvalue weighted by Gasteiger charge is -2.42. The van der Waals surface area contributed by atoms with Gasteiger partial charge in [0.15, 0.2) is 0 Å². The predicted molar refractivity (Wildman–Crippen MR) is 78.0 cm³/mol. The van der Waals surface area contributed by atoms with Gasteiger partial charge in [-0.25, -0.2) is 4.98 Å². The van der Waals surface area contributed by atoms with Crippen molar-refractivity contribution >= 4 is 28.8 Å². The molecule has 2 heterocycles. The molecule has 1 saturated heterocycles. The Morgan fingerprint density at radius 1 is 1.70 bits per heavy atom. The predicted octanol–water partition coefficient (Wildman–Crippen LogP) is 1.42. The van der Waals surface area contributed by atoms with E-state index in [2.05, 4.69) is 4.98 Å². The van der Waals surface area contributed by atoms with Gasteiger partial charge in [0, 0.05) is 18.5 Å². The van der Waals surface area contributed by atoms with Crippen LogP contribution in [0.3, 0.4) is 0 Å². The highest BCUT2D eigenvalue weighted by molar-refractivity contribution is 7.09. The van der Waals surface area contributed by atoms with E-state index in [1.165, 1.54) is 11.3 Å². The van der Waals surface area contributed by atoms with Gasteiger partial charge in [0.2, 0.25) is 5.91 Å². The van der Waals surface area contributed by atoms with E-state index in [0.29, 0.717) is 19.0 Å². The van der Waals surface area contributed by atoms with E-state index in [-0.39, 0.29) is 25.0 Å². The Balaban J connectivity index is 2.00. The van der Waals surface area contributed by atoms with Crippen molar-refractivity contribution < 1.29 is 14.6 Å². The topological polar surface area (TPSA) is 62.7 Å². The summed E-state index contributed by atoms with van der Waals surface area (Å²) in [6.07, 6.45) is -0.0483. The summed E-state index contributed by atoms with van der Waals surface area (Å²) in [6, 6.07) is 0. The van der Waals surface area contributed by atoms with Gasteiger partial charge in [-0.05, 0) is 13.8 Å². The smallest absolute Gasteiger partial charge is 0.229 e. The number of nitrogens with zero attached hydrogens (tertiary/aromatic N) is 2. The molecule has 0 spiro atoms. The van der Waals surface area contributed by atoms with Crippen LogP contribution in [-0.2, 0) is 21.8 Å². The Morgan fingerprint density at radius 3 is 3.05 bits per heavy atom. The van der Waals surface area contributed by atoms with Crippen LogP contribution in [0.4, 0.5) is 0 Å². The number of morpholine rings is 1. The van der Waals surface area contributed by atoms with Crippen LogP contribution in [-0.4, -0.2) is 52.3 Å². The molecule has 7 heteroatoms. The highest BCUT2D eigenvalue weighted by Crippen LogP contribution is 2.22. The number of aromatic nitrogens is 1. The van der Waals surface area contributed by atoms with E-state index in [0.717, 1.165) is 10.7 Å². The lowest BCUT2D eigenvalue weighted by molar-refractivity contribution is -0.166. The largest absolute Gasteiger partial charge is 0.394 e. The number of rotatable bonds is 4. The maximum Gasteiger partial charge on any atom is 0.229 e. The fourth-order valence-electron chi connectivity index (χ4n) is 2.31. The van der Waals surface area contributed by atoms with Crippen LogP contribution in [0.5, 0.6) is 0 Å². The van der Waals surface area contributed by atoms with Crippen molar-refractivity contribution in [3.8, 4) is 0 Å². The quantitative estimate of drug-likeness (QED) is 0.853. The lowest BCUT2D eigenvalue weighted by Crippen LogP contribution is -2.55. The molecule has 1 N–H and O–H groups in total. The standard InChI is InChI=1S/C13H19ClN2O3S/c1-13(2)8-16(5-10(6-17)19-13)12(18)3-11-15-9(4-14)7-20-11/h7,10,17H,3-6,8H2,1-2H3. The summed E-state index contributed by atoms with van der Waals surface area (Å²) in [6.45, 7) is 4.71. The molecule has 1 aliphatic heterocycles. The van der Waals surface area contributed by atoms with E-state index in [4.69, 9.17) is 16.3 Å². The molecule has 0 saturated carbocycles. The number of aliphatic hydroxyl groups excluding tert-OH is 1. The minimum absolute atomic E-state index is 0.00953. The van der Waals surface area contributed by atoms with Gasteiger partial charge in [0.25, 0.3) is 0 Å². The highest BCUT2D eigenvalue weighted by Gasteiger charge is 2.35. The van der Waals surface area contributed by atoms with Crippen LogP contribution in [0.1, 0.15) is 24.5 Å². The summed E-state index contributed by atoms with van der Waals surface area (Å²) >= 11 is 7.15. The van der Waals surface area contributed by atoms with Gasteiger partial charge in [-0.1, -0.05) is 0 Å². The molecule has 2 rings (SSSR count). The van der Waals surface area contributed by atoms with Crippen molar-refractivity contribution in [2.75, 3.05) is 19.7 Å². The maximum atomic E-state index is 12.3. The van der Waals surface area contributed by atoms with Crippen molar-refractivity contribution in [1.29, 1.82) is 0 Å². The van der Waals surface area contributed by atoms with Crippen LogP contribution >= 0.6 is 22.9 Å². The molecule has 1 amide bonds. The van der Waals surface area contributed by atoms with Gasteiger partial charge >= 0.3 is 0 Å². The third kappa shape index (κ3) is 3.91. The van der Waals surface area contributed by atoms with Crippen molar-refractivity contribution in [3.63, 3.8) is 0 Å². The summed E-state index contributed by atoms with van der Waals surface area (Å²) < 4.78 is 5.70. The van der Waals surface area contributed by atoms with Gasteiger partial charge < -0.3 is 14.7 Å². The van der Waals surface area contributed by atoms with Crippen LogP contribution in [0.2, 0.25) is 0 Å². The average Bonchev–Trinajstić information content (AvgIpc) is 2.84. The van der Waals surface area contributed by atoms with Gasteiger partial charge in [-0.3, -0.25) is 4.79 Å². The summed E-state index contributed by atoms with van der Waals surface area (Å²) in [5.41, 5.74) is 0.362. The van der Waals surface area contributed by atoms with E-state index in [9.17, 15) is 9.90 Å². The Morgan fingerprint density at radius 2 is 2.45 bits per heavy atom. The van der Waals surface area contributed by atoms with Crippen molar-refractivity contribution in [1.82, 2.24) is 9.88 Å². The molecule has 1 aromatic rings. The number of amides is 1. The van der Waals surface area contributed by atoms with Crippen LogP contribution < -0.4 is 0 Å². The van der Waals surface area contributed by atoms with Crippen molar-refractivity contribution in [2.45, 2.75) is 37.9 Å². The molecule has 5 nitrogen and oxygen atoms in total. The molecule has 1 aliphatic rings. The van der Waals surface area contributed by atoms with Gasteiger partial charge in [-0.2, -0.15) is 0 Å². The first kappa shape index (κ1) is 15.7. The molecule has 112 valence electrons. The SMILES string of the molecule is CC1(C)CN(C(=O)Cc2nc(CCl)cs2)CC(CO)O1. The Kier molecular flexibility index (Phi) is 5.01. The summed E-state index contributed by atoms with van der Waals surface area (Å²) in [4.78, 5) is 18.4. The summed E-state index contributed by atoms with van der Waals surface area (Å²) in [7, 11) is 0. The Labute approximate surface area is 127 Å². The zero-order valence-corrected chi connectivity index (χ0v) is 13.2. The number of thiazole rings is 1. The molecule has 20 heavy (non-hydrogen) atoms. The van der Waals surface area contributed by atoms with Crippen LogP contribution in [0.15, 0.2) is 5.38 Å². The van der Waals surface area contributed by atoms with Crippen LogP contribution in [0.25, 0.3) is 0 Å². The number of carbonyl (C=O) groups excluding carboxylic acids is 1. The minimum atomic E-state index is -0.439. The Bertz CT molecular complexity index is 478. The summed E-state index contributed by atoms with van der Waals surface area (Å²) in [5, 5.41) is 11.9. The van der Waals surface area contributed by atoms with Gasteiger partial charge in [0.1, 0.15) is 5.01 Å². The molecule has 0 radical (unpaired) electrons. The Hall–Kier alpha value is -0.690. The first-order valence-electron chi connectivity index (χ1n) is 6.49. The average molecular weight is 319 g/mol. The van der Waals surface area contributed by atoms with Crippen molar-refractivity contribution in [2.24, 2.45) is 0 Å². The van der Waals surface area contributed by atoms with E-state index < -0.39 is 5.60 Å². The number of hydrogen-bond donors (Lipinski definition) is 1. The number of aliphatic hydroxyl groups is 1. The maximum absolute atomic E-state index is 12.3. The fourth-order valence-corrected chi connectivity index (χ4v) is 3.33. The first-order chi connectivity index (χ1) is 9.43. The molecular weight excluding hydrogens is 300 g/mol. The zero-order valence-electron chi connectivity index (χ0n) is 11.6. The third-order valence-electron chi connectivity index (χ3n) is 3.08. The van der Waals surface area contributed by atoms with E-state index >= 15 is 0 Å². The normalized spacial score (nSPS) is 22.0. The third-order valence-corrected chi connectivity index (χ3v) is 4.25. The number of ether oxygens (including phenoxy) is 1. The van der Waals surface area contributed by atoms with E-state index in [1.54, 1.807) is 4.90 Å². The highest BCUT2D eigenvalue weighted by atomic mass is 35.5. The molecule has 0 aliphatic carbocycles. The second kappa shape index (κ2) is 6.39. The molecule has 1 fully saturated rings.